The zero-order valence-electron chi connectivity index (χ0n) is 8.07. The fourth-order valence-corrected chi connectivity index (χ4v) is 2.97. The summed E-state index contributed by atoms with van der Waals surface area (Å²) in [7, 11) is 2.21. The molecule has 1 saturated heterocycles. The molecular formula is C9H16N4. The van der Waals surface area contributed by atoms with Crippen molar-refractivity contribution in [3.05, 3.63) is 0 Å². The Bertz CT molecular complexity index is 252. The third-order valence-corrected chi connectivity index (χ3v) is 3.82. The van der Waals surface area contributed by atoms with Gasteiger partial charge in [0, 0.05) is 24.5 Å². The Balaban J connectivity index is 1.85. The smallest absolute Gasteiger partial charge is 0.0828 e. The predicted molar refractivity (Wildman–Crippen MR) is 51.7 cm³/mol. The maximum atomic E-state index is 4.48. The second-order valence-electron chi connectivity index (χ2n) is 4.37. The van der Waals surface area contributed by atoms with Crippen molar-refractivity contribution in [3.63, 3.8) is 0 Å². The Morgan fingerprint density at radius 1 is 1.54 bits per heavy atom. The molecule has 2 aliphatic heterocycles. The number of hydrogen-bond acceptors (Lipinski definition) is 4. The van der Waals surface area contributed by atoms with E-state index in [-0.39, 0.29) is 0 Å². The molecule has 4 unspecified atom stereocenters. The molecule has 3 aliphatic rings. The number of nitrogens with zero attached hydrogens (tertiary/aromatic N) is 2. The first kappa shape index (κ1) is 7.76. The van der Waals surface area contributed by atoms with Gasteiger partial charge in [-0.3, -0.25) is 15.2 Å². The highest BCUT2D eigenvalue weighted by Gasteiger charge is 2.57. The first-order chi connectivity index (χ1) is 6.29. The summed E-state index contributed by atoms with van der Waals surface area (Å²) in [4.78, 5) is 6.92. The lowest BCUT2D eigenvalue weighted by Gasteiger charge is -2.49. The van der Waals surface area contributed by atoms with Gasteiger partial charge in [0.05, 0.1) is 18.5 Å². The van der Waals surface area contributed by atoms with Gasteiger partial charge in [-0.15, -0.1) is 0 Å². The van der Waals surface area contributed by atoms with E-state index in [2.05, 4.69) is 34.5 Å². The van der Waals surface area contributed by atoms with Gasteiger partial charge in [0.2, 0.25) is 0 Å². The minimum absolute atomic E-state index is 0.510. The Morgan fingerprint density at radius 2 is 2.38 bits per heavy atom. The van der Waals surface area contributed by atoms with Crippen LogP contribution in [-0.4, -0.2) is 49.1 Å². The van der Waals surface area contributed by atoms with Crippen molar-refractivity contribution >= 4 is 6.34 Å². The van der Waals surface area contributed by atoms with Crippen LogP contribution in [0.1, 0.15) is 6.92 Å². The van der Waals surface area contributed by atoms with Gasteiger partial charge in [0.15, 0.2) is 0 Å². The van der Waals surface area contributed by atoms with Crippen LogP contribution in [0.5, 0.6) is 0 Å². The molecule has 13 heavy (non-hydrogen) atoms. The van der Waals surface area contributed by atoms with E-state index >= 15 is 0 Å². The van der Waals surface area contributed by atoms with Crippen molar-refractivity contribution in [2.75, 3.05) is 13.6 Å². The lowest BCUT2D eigenvalue weighted by Crippen LogP contribution is -2.67. The predicted octanol–water partition coefficient (Wildman–Crippen LogP) is -0.765. The quantitative estimate of drug-likeness (QED) is 0.514. The van der Waals surface area contributed by atoms with E-state index < -0.39 is 0 Å². The van der Waals surface area contributed by atoms with E-state index in [1.165, 1.54) is 0 Å². The largest absolute Gasteiger partial charge is 0.376 e. The minimum Gasteiger partial charge on any atom is -0.376 e. The zero-order chi connectivity index (χ0) is 9.00. The molecular weight excluding hydrogens is 164 g/mol. The number of hydrogen-bond donors (Lipinski definition) is 2. The number of aliphatic imine (C=N–C) groups is 1. The number of nitrogens with one attached hydrogen (secondary N) is 2. The van der Waals surface area contributed by atoms with Crippen LogP contribution in [0, 0.1) is 5.92 Å². The number of rotatable bonds is 0. The highest BCUT2D eigenvalue weighted by Crippen LogP contribution is 2.40. The fraction of sp³-hybridized carbons (Fsp3) is 0.889. The SMILES string of the molecule is CC1NC2C3N=CNC[C@@H]3C2N1C. The molecule has 0 radical (unpaired) electrons. The van der Waals surface area contributed by atoms with Crippen molar-refractivity contribution in [2.24, 2.45) is 10.9 Å². The molecule has 1 aliphatic carbocycles. The highest BCUT2D eigenvalue weighted by atomic mass is 15.4. The van der Waals surface area contributed by atoms with Gasteiger partial charge in [0.1, 0.15) is 0 Å². The molecule has 0 amide bonds. The van der Waals surface area contributed by atoms with Crippen LogP contribution in [0.15, 0.2) is 4.99 Å². The summed E-state index contributed by atoms with van der Waals surface area (Å²) in [6.45, 7) is 3.32. The molecule has 4 heteroatoms. The molecule has 5 atom stereocenters. The van der Waals surface area contributed by atoms with Crippen molar-refractivity contribution in [1.29, 1.82) is 0 Å². The molecule has 0 aromatic heterocycles. The third-order valence-electron chi connectivity index (χ3n) is 3.82. The van der Waals surface area contributed by atoms with Gasteiger partial charge in [0.25, 0.3) is 0 Å². The van der Waals surface area contributed by atoms with Crippen molar-refractivity contribution in [3.8, 4) is 0 Å². The molecule has 4 nitrogen and oxygen atoms in total. The summed E-state index contributed by atoms with van der Waals surface area (Å²) in [6.07, 6.45) is 2.37. The van der Waals surface area contributed by atoms with Gasteiger partial charge >= 0.3 is 0 Å². The van der Waals surface area contributed by atoms with Crippen molar-refractivity contribution in [1.82, 2.24) is 15.5 Å². The molecule has 2 fully saturated rings. The lowest BCUT2D eigenvalue weighted by atomic mass is 9.70. The van der Waals surface area contributed by atoms with Crippen LogP contribution in [-0.2, 0) is 0 Å². The van der Waals surface area contributed by atoms with Gasteiger partial charge in [-0.25, -0.2) is 0 Å². The number of fused-ring (bicyclic) bond motifs is 4. The monoisotopic (exact) mass is 180 g/mol. The van der Waals surface area contributed by atoms with Crippen LogP contribution in [0.2, 0.25) is 0 Å². The zero-order valence-corrected chi connectivity index (χ0v) is 8.07. The maximum absolute atomic E-state index is 4.48. The van der Waals surface area contributed by atoms with E-state index in [0.29, 0.717) is 24.3 Å². The van der Waals surface area contributed by atoms with E-state index in [1.54, 1.807) is 0 Å². The van der Waals surface area contributed by atoms with Gasteiger partial charge in [-0.2, -0.15) is 0 Å². The Kier molecular flexibility index (Phi) is 1.46. The van der Waals surface area contributed by atoms with E-state index in [1.807, 2.05) is 6.34 Å². The molecule has 0 bridgehead atoms. The normalized spacial score (nSPS) is 53.5. The van der Waals surface area contributed by atoms with E-state index in [9.17, 15) is 0 Å². The Morgan fingerprint density at radius 3 is 3.23 bits per heavy atom. The fourth-order valence-electron chi connectivity index (χ4n) is 2.97. The molecule has 1 saturated carbocycles. The molecule has 0 aromatic carbocycles. The van der Waals surface area contributed by atoms with Gasteiger partial charge in [-0.1, -0.05) is 0 Å². The summed E-state index contributed by atoms with van der Waals surface area (Å²) >= 11 is 0. The summed E-state index contributed by atoms with van der Waals surface area (Å²) in [5.74, 6) is 0.720. The molecule has 2 heterocycles. The summed E-state index contributed by atoms with van der Waals surface area (Å²) in [5, 5.41) is 6.80. The van der Waals surface area contributed by atoms with Crippen LogP contribution in [0.4, 0.5) is 0 Å². The molecule has 2 N–H and O–H groups in total. The van der Waals surface area contributed by atoms with Crippen LogP contribution in [0.25, 0.3) is 0 Å². The first-order valence-corrected chi connectivity index (χ1v) is 5.02. The standard InChI is InChI=1S/C9H16N4/c1-5-12-8-7-6(3-10-4-11-7)9(8)13(5)2/h4-9,12H,3H2,1-2H3,(H,10,11)/t5?,6-,7?,8?,9?/m0/s1. The van der Waals surface area contributed by atoms with E-state index in [4.69, 9.17) is 0 Å². The van der Waals surface area contributed by atoms with E-state index in [0.717, 1.165) is 12.5 Å². The maximum Gasteiger partial charge on any atom is 0.0828 e. The molecule has 3 rings (SSSR count). The first-order valence-electron chi connectivity index (χ1n) is 5.02. The third kappa shape index (κ3) is 0.849. The van der Waals surface area contributed by atoms with Gasteiger partial charge in [-0.05, 0) is 14.0 Å². The van der Waals surface area contributed by atoms with Crippen molar-refractivity contribution in [2.45, 2.75) is 31.2 Å². The average Bonchev–Trinajstić information content (AvgIpc) is 2.37. The lowest BCUT2D eigenvalue weighted by molar-refractivity contribution is 0.0794. The van der Waals surface area contributed by atoms with Gasteiger partial charge < -0.3 is 5.32 Å². The number of likely N-dealkylation sites (N-methyl/N-ethyl adjacent to an activating group) is 1. The Hall–Kier alpha value is -0.610. The molecule has 0 spiro atoms. The molecule has 0 aromatic rings. The minimum atomic E-state index is 0.510. The highest BCUT2D eigenvalue weighted by molar-refractivity contribution is 5.57. The second kappa shape index (κ2) is 2.45. The molecule has 72 valence electrons. The summed E-state index contributed by atoms with van der Waals surface area (Å²) in [6, 6.07) is 1.83. The van der Waals surface area contributed by atoms with Crippen LogP contribution >= 0.6 is 0 Å². The van der Waals surface area contributed by atoms with Crippen molar-refractivity contribution < 1.29 is 0 Å². The average molecular weight is 180 g/mol. The summed E-state index contributed by atoms with van der Waals surface area (Å²) in [5.41, 5.74) is 0. The van der Waals surface area contributed by atoms with Crippen LogP contribution < -0.4 is 10.6 Å². The second-order valence-corrected chi connectivity index (χ2v) is 4.37. The topological polar surface area (TPSA) is 39.7 Å². The van der Waals surface area contributed by atoms with Crippen LogP contribution in [0.3, 0.4) is 0 Å². The summed E-state index contributed by atoms with van der Waals surface area (Å²) < 4.78 is 0. The Labute approximate surface area is 78.4 Å².